The highest BCUT2D eigenvalue weighted by atomic mass is 19.1. The quantitative estimate of drug-likeness (QED) is 0.269. The van der Waals surface area contributed by atoms with Crippen LogP contribution in [0.25, 0.3) is 16.5 Å². The normalized spacial score (nSPS) is 10.6. The molecule has 0 radical (unpaired) electrons. The standard InChI is InChI=1S/C16H12FN3O3/c1-22-16(21)14(19-20-18)10-11-4-2-3-5-15(11)23-13-8-6-12(17)7-9-13/h2-10H,1H3/b14-10-. The van der Waals surface area contributed by atoms with Crippen LogP contribution in [0.2, 0.25) is 0 Å². The molecule has 0 amide bonds. The second-order valence-electron chi connectivity index (χ2n) is 4.30. The van der Waals surface area contributed by atoms with Crippen LogP contribution in [0.5, 0.6) is 11.5 Å². The lowest BCUT2D eigenvalue weighted by molar-refractivity contribution is -0.136. The van der Waals surface area contributed by atoms with Crippen molar-refractivity contribution in [1.82, 2.24) is 0 Å². The van der Waals surface area contributed by atoms with Crippen molar-refractivity contribution in [3.05, 3.63) is 76.1 Å². The highest BCUT2D eigenvalue weighted by Crippen LogP contribution is 2.27. The monoisotopic (exact) mass is 313 g/mol. The Morgan fingerprint density at radius 1 is 1.22 bits per heavy atom. The first-order chi connectivity index (χ1) is 11.1. The first kappa shape index (κ1) is 16.1. The van der Waals surface area contributed by atoms with E-state index in [1.54, 1.807) is 24.3 Å². The summed E-state index contributed by atoms with van der Waals surface area (Å²) in [5.41, 5.74) is 8.83. The Balaban J connectivity index is 2.38. The summed E-state index contributed by atoms with van der Waals surface area (Å²) in [4.78, 5) is 14.2. The van der Waals surface area contributed by atoms with Crippen molar-refractivity contribution in [1.29, 1.82) is 0 Å². The summed E-state index contributed by atoms with van der Waals surface area (Å²) in [5.74, 6) is -0.300. The minimum Gasteiger partial charge on any atom is -0.466 e. The molecule has 116 valence electrons. The van der Waals surface area contributed by atoms with Gasteiger partial charge >= 0.3 is 5.97 Å². The van der Waals surface area contributed by atoms with Crippen LogP contribution < -0.4 is 4.74 Å². The molecule has 0 heterocycles. The zero-order valence-corrected chi connectivity index (χ0v) is 12.1. The summed E-state index contributed by atoms with van der Waals surface area (Å²) in [6, 6.07) is 12.3. The molecule has 0 atom stereocenters. The number of para-hydroxylation sites is 1. The number of hydrogen-bond donors (Lipinski definition) is 0. The number of azide groups is 1. The summed E-state index contributed by atoms with van der Waals surface area (Å²) in [6.45, 7) is 0. The Labute approximate surface area is 131 Å². The average molecular weight is 313 g/mol. The van der Waals surface area contributed by atoms with Crippen LogP contribution >= 0.6 is 0 Å². The molecule has 0 saturated heterocycles. The zero-order valence-electron chi connectivity index (χ0n) is 12.1. The van der Waals surface area contributed by atoms with Crippen molar-refractivity contribution in [3.63, 3.8) is 0 Å². The smallest absolute Gasteiger partial charge is 0.340 e. The predicted octanol–water partition coefficient (Wildman–Crippen LogP) is 4.44. The van der Waals surface area contributed by atoms with Crippen LogP contribution in [0.4, 0.5) is 4.39 Å². The largest absolute Gasteiger partial charge is 0.466 e. The number of hydrogen-bond acceptors (Lipinski definition) is 4. The van der Waals surface area contributed by atoms with Gasteiger partial charge in [0.1, 0.15) is 23.0 Å². The van der Waals surface area contributed by atoms with E-state index in [0.29, 0.717) is 17.1 Å². The fourth-order valence-electron chi connectivity index (χ4n) is 1.75. The van der Waals surface area contributed by atoms with Gasteiger partial charge in [-0.2, -0.15) is 0 Å². The third kappa shape index (κ3) is 4.33. The predicted molar refractivity (Wildman–Crippen MR) is 82.1 cm³/mol. The molecule has 6 nitrogen and oxygen atoms in total. The zero-order chi connectivity index (χ0) is 16.7. The van der Waals surface area contributed by atoms with Crippen molar-refractivity contribution >= 4 is 12.0 Å². The molecule has 0 unspecified atom stereocenters. The summed E-state index contributed by atoms with van der Waals surface area (Å²) >= 11 is 0. The lowest BCUT2D eigenvalue weighted by atomic mass is 10.1. The van der Waals surface area contributed by atoms with Gasteiger partial charge in [0.25, 0.3) is 0 Å². The number of methoxy groups -OCH3 is 1. The van der Waals surface area contributed by atoms with Crippen LogP contribution in [0.3, 0.4) is 0 Å². The van der Waals surface area contributed by atoms with E-state index in [0.717, 1.165) is 0 Å². The fourth-order valence-corrected chi connectivity index (χ4v) is 1.75. The molecular formula is C16H12FN3O3. The van der Waals surface area contributed by atoms with Crippen LogP contribution in [0.1, 0.15) is 5.56 Å². The summed E-state index contributed by atoms with van der Waals surface area (Å²) in [5, 5.41) is 3.31. The fraction of sp³-hybridized carbons (Fsp3) is 0.0625. The number of nitrogens with zero attached hydrogens (tertiary/aromatic N) is 3. The first-order valence-electron chi connectivity index (χ1n) is 6.51. The van der Waals surface area contributed by atoms with Gasteiger partial charge in [0.05, 0.1) is 7.11 Å². The Morgan fingerprint density at radius 3 is 2.57 bits per heavy atom. The molecule has 0 aromatic heterocycles. The van der Waals surface area contributed by atoms with Crippen LogP contribution in [0, 0.1) is 5.82 Å². The molecule has 0 N–H and O–H groups in total. The molecular weight excluding hydrogens is 301 g/mol. The summed E-state index contributed by atoms with van der Waals surface area (Å²) < 4.78 is 23.1. The number of esters is 1. The van der Waals surface area contributed by atoms with E-state index in [2.05, 4.69) is 14.8 Å². The molecule has 0 fully saturated rings. The highest BCUT2D eigenvalue weighted by Gasteiger charge is 2.10. The van der Waals surface area contributed by atoms with Gasteiger partial charge in [-0.05, 0) is 41.9 Å². The second-order valence-corrected chi connectivity index (χ2v) is 4.30. The number of ether oxygens (including phenoxy) is 2. The number of halogens is 1. The topological polar surface area (TPSA) is 84.3 Å². The molecule has 0 aliphatic heterocycles. The van der Waals surface area contributed by atoms with E-state index in [-0.39, 0.29) is 11.5 Å². The molecule has 2 aromatic rings. The number of carbonyl (C=O) groups is 1. The van der Waals surface area contributed by atoms with Crippen molar-refractivity contribution in [2.75, 3.05) is 7.11 Å². The number of rotatable bonds is 5. The maximum absolute atomic E-state index is 12.9. The Bertz CT molecular complexity index is 781. The van der Waals surface area contributed by atoms with Gasteiger partial charge in [0.2, 0.25) is 0 Å². The van der Waals surface area contributed by atoms with Gasteiger partial charge in [0, 0.05) is 10.5 Å². The molecule has 0 aliphatic carbocycles. The van der Waals surface area contributed by atoms with Gasteiger partial charge in [-0.1, -0.05) is 23.3 Å². The molecule has 7 heteroatoms. The van der Waals surface area contributed by atoms with Gasteiger partial charge in [-0.15, -0.1) is 0 Å². The van der Waals surface area contributed by atoms with Gasteiger partial charge < -0.3 is 9.47 Å². The Kier molecular flexibility index (Phi) is 5.33. The second kappa shape index (κ2) is 7.63. The van der Waals surface area contributed by atoms with Crippen LogP contribution in [-0.4, -0.2) is 13.1 Å². The van der Waals surface area contributed by atoms with Gasteiger partial charge in [-0.25, -0.2) is 9.18 Å². The molecule has 2 rings (SSSR count). The van der Waals surface area contributed by atoms with E-state index >= 15 is 0 Å². The van der Waals surface area contributed by atoms with Crippen LogP contribution in [0.15, 0.2) is 59.3 Å². The first-order valence-corrected chi connectivity index (χ1v) is 6.51. The Hall–Kier alpha value is -3.31. The van der Waals surface area contributed by atoms with Crippen LogP contribution in [-0.2, 0) is 9.53 Å². The minimum atomic E-state index is -0.764. The maximum Gasteiger partial charge on any atom is 0.340 e. The molecule has 23 heavy (non-hydrogen) atoms. The summed E-state index contributed by atoms with van der Waals surface area (Å²) in [7, 11) is 1.18. The van der Waals surface area contributed by atoms with E-state index in [1.165, 1.54) is 37.5 Å². The van der Waals surface area contributed by atoms with Gasteiger partial charge in [0.15, 0.2) is 0 Å². The number of carbonyl (C=O) groups excluding carboxylic acids is 1. The molecule has 0 spiro atoms. The Morgan fingerprint density at radius 2 is 1.91 bits per heavy atom. The van der Waals surface area contributed by atoms with Crippen molar-refractivity contribution in [2.45, 2.75) is 0 Å². The van der Waals surface area contributed by atoms with Crippen molar-refractivity contribution in [3.8, 4) is 11.5 Å². The third-order valence-corrected chi connectivity index (χ3v) is 2.80. The SMILES string of the molecule is COC(=O)/C(=C/c1ccccc1Oc1ccc(F)cc1)N=[N+]=[N-]. The van der Waals surface area contributed by atoms with Gasteiger partial charge in [-0.3, -0.25) is 0 Å². The molecule has 2 aromatic carbocycles. The van der Waals surface area contributed by atoms with Crippen molar-refractivity contribution in [2.24, 2.45) is 5.11 Å². The van der Waals surface area contributed by atoms with E-state index in [9.17, 15) is 9.18 Å². The average Bonchev–Trinajstić information content (AvgIpc) is 2.57. The maximum atomic E-state index is 12.9. The molecule has 0 aliphatic rings. The van der Waals surface area contributed by atoms with E-state index in [4.69, 9.17) is 10.3 Å². The van der Waals surface area contributed by atoms with E-state index in [1.807, 2.05) is 0 Å². The summed E-state index contributed by atoms with van der Waals surface area (Å²) in [6.07, 6.45) is 1.35. The number of benzene rings is 2. The molecule has 0 saturated carbocycles. The minimum absolute atomic E-state index is 0.204. The lowest BCUT2D eigenvalue weighted by Crippen LogP contribution is -2.02. The molecule has 0 bridgehead atoms. The lowest BCUT2D eigenvalue weighted by Gasteiger charge is -2.09. The highest BCUT2D eigenvalue weighted by molar-refractivity contribution is 5.93. The third-order valence-electron chi connectivity index (χ3n) is 2.80. The van der Waals surface area contributed by atoms with Crippen molar-refractivity contribution < 1.29 is 18.7 Å². The van der Waals surface area contributed by atoms with E-state index < -0.39 is 5.97 Å².